The van der Waals surface area contributed by atoms with Gasteiger partial charge in [-0.1, -0.05) is 23.6 Å². The van der Waals surface area contributed by atoms with Crippen LogP contribution in [0.2, 0.25) is 5.28 Å². The molecule has 21 nitrogen and oxygen atoms in total. The molecule has 258 valence electrons. The Bertz CT molecular complexity index is 2720. The summed E-state index contributed by atoms with van der Waals surface area (Å²) >= 11 is 5.75. The predicted molar refractivity (Wildman–Crippen MR) is 159 cm³/mol. The standard InChI is InChI=1S/C23H16ClN7O14S4/c24-21-27-22(25)29-23(28-21)26-11-6-9(46(34,35)36)4-8-5-15(48(40,41)42)18(19(33)16(8)11)31-30-12-7-13(32)17-10(20(12)49(43,44)45)2-1-3-14(17)47(37,38)39/h1-7,32-33H,(H,34,35,36)(H,37,38,39)(H,40,41,42)(H,43,44,45)(H3,25,26,27,28,29)/p-4. The lowest BCUT2D eigenvalue weighted by atomic mass is 10.1. The molecule has 1 aromatic heterocycles. The third kappa shape index (κ3) is 7.00. The summed E-state index contributed by atoms with van der Waals surface area (Å²) in [7, 11) is -21.6. The van der Waals surface area contributed by atoms with Gasteiger partial charge in [-0.2, -0.15) is 31.8 Å². The van der Waals surface area contributed by atoms with Crippen LogP contribution in [0.4, 0.5) is 29.0 Å². The quantitative estimate of drug-likeness (QED) is 0.126. The van der Waals surface area contributed by atoms with Crippen molar-refractivity contribution in [3.8, 4) is 11.5 Å². The highest BCUT2D eigenvalue weighted by molar-refractivity contribution is 7.87. The lowest BCUT2D eigenvalue weighted by Gasteiger charge is -2.21. The van der Waals surface area contributed by atoms with E-state index in [0.717, 1.165) is 12.1 Å². The molecule has 5 N–H and O–H groups in total. The van der Waals surface area contributed by atoms with Gasteiger partial charge in [0.2, 0.25) is 17.2 Å². The number of hydrogen-bond donors (Lipinski definition) is 4. The summed E-state index contributed by atoms with van der Waals surface area (Å²) in [4.78, 5) is 6.02. The van der Waals surface area contributed by atoms with E-state index in [1.54, 1.807) is 0 Å². The average molecular weight is 774 g/mol. The summed E-state index contributed by atoms with van der Waals surface area (Å²) < 4.78 is 140. The topological polar surface area (TPSA) is 371 Å². The molecule has 0 aliphatic carbocycles. The van der Waals surface area contributed by atoms with Gasteiger partial charge in [-0.05, 0) is 58.1 Å². The van der Waals surface area contributed by atoms with Gasteiger partial charge in [-0.25, -0.2) is 16.8 Å². The lowest BCUT2D eigenvalue weighted by Crippen LogP contribution is -2.08. The van der Waals surface area contributed by atoms with Gasteiger partial charge in [0.1, 0.15) is 35.7 Å². The van der Waals surface area contributed by atoms with Crippen molar-refractivity contribution in [2.45, 2.75) is 19.6 Å². The van der Waals surface area contributed by atoms with Gasteiger partial charge in [-0.3, -0.25) is 9.11 Å². The Hall–Kier alpha value is -4.86. The maximum absolute atomic E-state index is 13.8. The summed E-state index contributed by atoms with van der Waals surface area (Å²) in [6.45, 7) is 0. The van der Waals surface area contributed by atoms with Gasteiger partial charge in [0, 0.05) is 11.1 Å². The number of halogens is 1. The van der Waals surface area contributed by atoms with Crippen LogP contribution in [0.5, 0.6) is 11.5 Å². The highest BCUT2D eigenvalue weighted by Crippen LogP contribution is 2.46. The van der Waals surface area contributed by atoms with Gasteiger partial charge in [0.25, 0.3) is 20.2 Å². The molecule has 4 aromatic carbocycles. The van der Waals surface area contributed by atoms with E-state index in [4.69, 9.17) is 17.3 Å². The molecular weight excluding hydrogens is 762 g/mol. The largest absolute Gasteiger partial charge is 0.872 e. The molecule has 0 radical (unpaired) electrons. The molecule has 1 heterocycles. The maximum atomic E-state index is 13.8. The first-order valence-electron chi connectivity index (χ1n) is 12.3. The van der Waals surface area contributed by atoms with Crippen molar-refractivity contribution in [1.29, 1.82) is 0 Å². The predicted octanol–water partition coefficient (Wildman–Crippen LogP) is 1.02. The molecule has 0 fully saturated rings. The van der Waals surface area contributed by atoms with Gasteiger partial charge >= 0.3 is 0 Å². The fraction of sp³-hybridized carbons (Fsp3) is 0. The third-order valence-electron chi connectivity index (χ3n) is 6.35. The van der Waals surface area contributed by atoms with Gasteiger partial charge in [0.05, 0.1) is 15.5 Å². The van der Waals surface area contributed by atoms with Crippen LogP contribution in [0.25, 0.3) is 21.5 Å². The van der Waals surface area contributed by atoms with E-state index < -0.39 is 127 Å². The molecule has 0 saturated carbocycles. The number of benzene rings is 4. The fourth-order valence-corrected chi connectivity index (χ4v) is 7.42. The second-order valence-corrected chi connectivity index (χ2v) is 15.3. The molecule has 0 aliphatic heterocycles. The molecule has 0 saturated heterocycles. The Morgan fingerprint density at radius 1 is 0.796 bits per heavy atom. The van der Waals surface area contributed by atoms with Gasteiger partial charge in [-0.15, -0.1) is 10.2 Å². The monoisotopic (exact) mass is 773 g/mol. The SMILES string of the molecule is Nc1nc(Cl)nc(Nc2cc(S(=O)(=O)[O-])cc3cc(S(=O)(=O)O)c(N=Nc4cc([O-])c5c(S(=O)(=O)[O-])cccc5c4S(=O)(=O)O)c([O-])c23)n1. The molecule has 5 aromatic rings. The third-order valence-corrected chi connectivity index (χ3v) is 10.0. The van der Waals surface area contributed by atoms with E-state index in [0.29, 0.717) is 30.3 Å². The van der Waals surface area contributed by atoms with Crippen LogP contribution in [0.15, 0.2) is 72.3 Å². The van der Waals surface area contributed by atoms with Crippen molar-refractivity contribution >= 4 is 103 Å². The van der Waals surface area contributed by atoms with E-state index >= 15 is 0 Å². The Balaban J connectivity index is 1.86. The molecule has 0 amide bonds. The number of azo groups is 1. The van der Waals surface area contributed by atoms with Crippen LogP contribution < -0.4 is 21.3 Å². The number of rotatable bonds is 8. The summed E-state index contributed by atoms with van der Waals surface area (Å²) in [5, 5.41) is 32.4. The number of hydrogen-bond acceptors (Lipinski definition) is 19. The van der Waals surface area contributed by atoms with Crippen molar-refractivity contribution in [2.75, 3.05) is 11.1 Å². The Morgan fingerprint density at radius 2 is 1.47 bits per heavy atom. The number of nitrogens with zero attached hydrogens (tertiary/aromatic N) is 5. The second-order valence-electron chi connectivity index (χ2n) is 9.49. The average Bonchev–Trinajstić information content (AvgIpc) is 2.93. The van der Waals surface area contributed by atoms with Crippen molar-refractivity contribution < 1.29 is 62.1 Å². The van der Waals surface area contributed by atoms with Crippen LogP contribution in [-0.2, 0) is 40.5 Å². The number of aromatic nitrogens is 3. The van der Waals surface area contributed by atoms with E-state index in [2.05, 4.69) is 30.5 Å². The highest BCUT2D eigenvalue weighted by Gasteiger charge is 2.25. The van der Waals surface area contributed by atoms with Gasteiger partial charge < -0.3 is 30.4 Å². The fourth-order valence-electron chi connectivity index (χ4n) is 4.55. The van der Waals surface area contributed by atoms with Crippen LogP contribution in [0.3, 0.4) is 0 Å². The molecule has 0 bridgehead atoms. The summed E-state index contributed by atoms with van der Waals surface area (Å²) in [6.07, 6.45) is 0. The first kappa shape index (κ1) is 35.4. The van der Waals surface area contributed by atoms with E-state index in [9.17, 15) is 62.1 Å². The number of anilines is 3. The highest BCUT2D eigenvalue weighted by atomic mass is 35.5. The zero-order valence-corrected chi connectivity index (χ0v) is 27.2. The van der Waals surface area contributed by atoms with Crippen molar-refractivity contribution in [3.05, 3.63) is 47.7 Å². The van der Waals surface area contributed by atoms with Crippen molar-refractivity contribution in [2.24, 2.45) is 10.2 Å². The number of nitrogen functional groups attached to an aromatic ring is 1. The zero-order valence-electron chi connectivity index (χ0n) is 23.2. The summed E-state index contributed by atoms with van der Waals surface area (Å²) in [5.74, 6) is -3.81. The number of fused-ring (bicyclic) bond motifs is 2. The Labute approximate surface area is 278 Å². The van der Waals surface area contributed by atoms with Gasteiger partial charge in [0.15, 0.2) is 0 Å². The second kappa shape index (κ2) is 11.9. The van der Waals surface area contributed by atoms with Crippen molar-refractivity contribution in [3.63, 3.8) is 0 Å². The molecule has 49 heavy (non-hydrogen) atoms. The minimum atomic E-state index is -5.49. The molecule has 0 aliphatic rings. The molecule has 0 atom stereocenters. The zero-order chi connectivity index (χ0) is 36.4. The van der Waals surface area contributed by atoms with Crippen LogP contribution in [-0.4, -0.2) is 66.8 Å². The van der Waals surface area contributed by atoms with Crippen LogP contribution in [0.1, 0.15) is 0 Å². The molecule has 0 spiro atoms. The molecule has 0 unspecified atom stereocenters. The Morgan fingerprint density at radius 3 is 2.04 bits per heavy atom. The van der Waals surface area contributed by atoms with E-state index in [1.807, 2.05) is 0 Å². The molecule has 26 heteroatoms. The smallest absolute Gasteiger partial charge is 0.297 e. The maximum Gasteiger partial charge on any atom is 0.297 e. The first-order valence-corrected chi connectivity index (χ1v) is 18.4. The minimum absolute atomic E-state index is 0.301. The number of nitrogens with one attached hydrogen (secondary N) is 1. The van der Waals surface area contributed by atoms with E-state index in [-0.39, 0.29) is 0 Å². The van der Waals surface area contributed by atoms with Crippen molar-refractivity contribution in [1.82, 2.24) is 15.0 Å². The molecule has 5 rings (SSSR count). The van der Waals surface area contributed by atoms with Crippen LogP contribution in [0, 0.1) is 0 Å². The number of nitrogens with two attached hydrogens (primary N) is 1. The van der Waals surface area contributed by atoms with E-state index in [1.165, 1.54) is 0 Å². The minimum Gasteiger partial charge on any atom is -0.872 e. The van der Waals surface area contributed by atoms with Crippen LogP contribution >= 0.6 is 11.6 Å². The summed E-state index contributed by atoms with van der Waals surface area (Å²) in [5.41, 5.74) is 2.52. The lowest BCUT2D eigenvalue weighted by molar-refractivity contribution is -0.266. The summed E-state index contributed by atoms with van der Waals surface area (Å²) in [6, 6.07) is 4.34. The molecular formula is C23H12ClN7O14S4-4. The normalized spacial score (nSPS) is 13.0. The first-order chi connectivity index (χ1) is 22.5. The Kier molecular flexibility index (Phi) is 8.63.